The molecule has 2 saturated heterocycles. The molecule has 3 aliphatic rings. The van der Waals surface area contributed by atoms with Gasteiger partial charge in [-0.1, -0.05) is 23.8 Å². The Balaban J connectivity index is 1.33. The summed E-state index contributed by atoms with van der Waals surface area (Å²) in [6.07, 6.45) is 7.51. The smallest absolute Gasteiger partial charge is 0.331 e. The molecule has 0 radical (unpaired) electrons. The molecule has 1 aliphatic carbocycles. The van der Waals surface area contributed by atoms with Crippen LogP contribution in [0.5, 0.6) is 5.75 Å². The second-order valence-corrected chi connectivity index (χ2v) is 11.0. The zero-order valence-electron chi connectivity index (χ0n) is 23.0. The van der Waals surface area contributed by atoms with Crippen LogP contribution in [-0.2, 0) is 28.5 Å². The molecule has 1 aromatic rings. The highest BCUT2D eigenvalue weighted by Gasteiger charge is 2.72. The summed E-state index contributed by atoms with van der Waals surface area (Å²) in [5.41, 5.74) is 1.57. The van der Waals surface area contributed by atoms with Gasteiger partial charge in [-0.2, -0.15) is 0 Å². The maximum absolute atomic E-state index is 12.8. The zero-order valence-corrected chi connectivity index (χ0v) is 23.0. The predicted molar refractivity (Wildman–Crippen MR) is 141 cm³/mol. The largest absolute Gasteiger partial charge is 0.491 e. The fourth-order valence-electron chi connectivity index (χ4n) is 5.54. The van der Waals surface area contributed by atoms with Crippen LogP contribution in [0.2, 0.25) is 0 Å². The molecular weight excluding hydrogens is 472 g/mol. The molecule has 1 aromatic carbocycles. The van der Waals surface area contributed by atoms with Crippen LogP contribution in [0, 0.1) is 5.92 Å². The predicted octanol–water partition coefficient (Wildman–Crippen LogP) is 5.12. The van der Waals surface area contributed by atoms with E-state index in [9.17, 15) is 4.79 Å². The summed E-state index contributed by atoms with van der Waals surface area (Å²) < 4.78 is 35.3. The minimum absolute atomic E-state index is 0.00887. The molecule has 4 rings (SSSR count). The summed E-state index contributed by atoms with van der Waals surface area (Å²) in [5, 5.41) is 0. The van der Waals surface area contributed by atoms with Gasteiger partial charge in [0.25, 0.3) is 0 Å². The zero-order chi connectivity index (χ0) is 26.6. The van der Waals surface area contributed by atoms with Gasteiger partial charge >= 0.3 is 5.97 Å². The Morgan fingerprint density at radius 3 is 2.54 bits per heavy atom. The molecule has 7 nitrogen and oxygen atoms in total. The first-order chi connectivity index (χ1) is 17.7. The van der Waals surface area contributed by atoms with Crippen molar-refractivity contribution in [1.29, 1.82) is 0 Å². The monoisotopic (exact) mass is 514 g/mol. The quantitative estimate of drug-likeness (QED) is 0.126. The van der Waals surface area contributed by atoms with E-state index in [2.05, 4.69) is 26.8 Å². The Morgan fingerprint density at radius 2 is 1.92 bits per heavy atom. The number of methoxy groups -OCH3 is 1. The number of hydrogen-bond donors (Lipinski definition) is 0. The molecule has 0 bridgehead atoms. The van der Waals surface area contributed by atoms with Crippen LogP contribution in [0.25, 0.3) is 6.08 Å². The number of esters is 1. The van der Waals surface area contributed by atoms with E-state index in [1.807, 2.05) is 38.1 Å². The maximum Gasteiger partial charge on any atom is 0.331 e. The van der Waals surface area contributed by atoms with Crippen molar-refractivity contribution in [3.05, 3.63) is 47.6 Å². The van der Waals surface area contributed by atoms with E-state index in [1.54, 1.807) is 13.2 Å². The lowest BCUT2D eigenvalue weighted by Crippen LogP contribution is -2.55. The maximum atomic E-state index is 12.8. The normalized spacial score (nSPS) is 32.5. The number of carbonyl (C=O) groups excluding carboxylic acids is 1. The van der Waals surface area contributed by atoms with Crippen LogP contribution >= 0.6 is 0 Å². The lowest BCUT2D eigenvalue weighted by atomic mass is 9.68. The van der Waals surface area contributed by atoms with Crippen LogP contribution in [0.4, 0.5) is 0 Å². The second kappa shape index (κ2) is 11.7. The molecular formula is C30H42O7. The fraction of sp³-hybridized carbons (Fsp3) is 0.633. The number of carbonyl (C=O) groups is 1. The lowest BCUT2D eigenvalue weighted by Gasteiger charge is -2.42. The number of benzene rings is 1. The van der Waals surface area contributed by atoms with E-state index in [1.165, 1.54) is 11.6 Å². The Hall–Kier alpha value is -2.19. The van der Waals surface area contributed by atoms with E-state index < -0.39 is 0 Å². The van der Waals surface area contributed by atoms with Crippen molar-refractivity contribution in [2.45, 2.75) is 89.5 Å². The topological polar surface area (TPSA) is 79.1 Å². The van der Waals surface area contributed by atoms with Crippen molar-refractivity contribution < 1.29 is 33.2 Å². The van der Waals surface area contributed by atoms with Crippen molar-refractivity contribution in [3.63, 3.8) is 0 Å². The van der Waals surface area contributed by atoms with Gasteiger partial charge in [0.1, 0.15) is 35.8 Å². The van der Waals surface area contributed by atoms with E-state index in [0.717, 1.165) is 24.2 Å². The van der Waals surface area contributed by atoms with Crippen molar-refractivity contribution in [2.24, 2.45) is 5.92 Å². The molecule has 0 amide bonds. The minimum atomic E-state index is -0.382. The van der Waals surface area contributed by atoms with Crippen molar-refractivity contribution in [2.75, 3.05) is 26.9 Å². The Labute approximate surface area is 221 Å². The average molecular weight is 515 g/mol. The number of ether oxygens (including phenoxy) is 6. The molecule has 204 valence electrons. The average Bonchev–Trinajstić information content (AvgIpc) is 3.78. The number of hydrogen-bond acceptors (Lipinski definition) is 7. The van der Waals surface area contributed by atoms with Crippen LogP contribution in [-0.4, -0.2) is 68.5 Å². The van der Waals surface area contributed by atoms with E-state index >= 15 is 0 Å². The third-order valence-corrected chi connectivity index (χ3v) is 7.60. The van der Waals surface area contributed by atoms with E-state index in [4.69, 9.17) is 28.4 Å². The summed E-state index contributed by atoms with van der Waals surface area (Å²) in [5.74, 6) is 0.389. The Morgan fingerprint density at radius 1 is 1.19 bits per heavy atom. The second-order valence-electron chi connectivity index (χ2n) is 11.0. The molecule has 0 N–H and O–H groups in total. The third-order valence-electron chi connectivity index (χ3n) is 7.60. The van der Waals surface area contributed by atoms with Crippen LogP contribution in [0.15, 0.2) is 42.0 Å². The van der Waals surface area contributed by atoms with Gasteiger partial charge in [-0.25, -0.2) is 4.79 Å². The van der Waals surface area contributed by atoms with Crippen molar-refractivity contribution >= 4 is 12.0 Å². The summed E-state index contributed by atoms with van der Waals surface area (Å²) in [6.45, 7) is 12.1. The number of epoxide rings is 2. The number of rotatable bonds is 12. The van der Waals surface area contributed by atoms with Gasteiger partial charge < -0.3 is 28.4 Å². The summed E-state index contributed by atoms with van der Waals surface area (Å²) >= 11 is 0. The summed E-state index contributed by atoms with van der Waals surface area (Å²) in [7, 11) is 1.69. The van der Waals surface area contributed by atoms with Crippen LogP contribution in [0.3, 0.4) is 0 Å². The lowest BCUT2D eigenvalue weighted by molar-refractivity contribution is -0.166. The molecule has 2 aliphatic heterocycles. The van der Waals surface area contributed by atoms with E-state index in [-0.39, 0.29) is 47.5 Å². The van der Waals surface area contributed by atoms with Gasteiger partial charge in [0.15, 0.2) is 0 Å². The SMILES string of the molecule is CO[C@H]1C(C2(C)OC2CC=C(C)C)C2(CC[C@H]1OC(=O)/C=C/c1ccc(OCCOC(C)C)cc1)CO2. The van der Waals surface area contributed by atoms with Gasteiger partial charge in [-0.15, -0.1) is 0 Å². The van der Waals surface area contributed by atoms with Crippen LogP contribution < -0.4 is 4.74 Å². The summed E-state index contributed by atoms with van der Waals surface area (Å²) in [6, 6.07) is 7.57. The minimum Gasteiger partial charge on any atom is -0.491 e. The molecule has 6 atom stereocenters. The fourth-order valence-corrected chi connectivity index (χ4v) is 5.54. The van der Waals surface area contributed by atoms with Gasteiger partial charge in [0, 0.05) is 13.2 Å². The highest BCUT2D eigenvalue weighted by Crippen LogP contribution is 2.59. The molecule has 4 unspecified atom stereocenters. The first kappa shape index (κ1) is 27.8. The molecule has 3 fully saturated rings. The molecule has 1 spiro atoms. The number of allylic oxidation sites excluding steroid dienone is 1. The Kier molecular flexibility index (Phi) is 8.79. The van der Waals surface area contributed by atoms with Gasteiger partial charge in [-0.05, 0) is 77.7 Å². The molecule has 1 saturated carbocycles. The summed E-state index contributed by atoms with van der Waals surface area (Å²) in [4.78, 5) is 12.8. The van der Waals surface area contributed by atoms with Gasteiger partial charge in [-0.3, -0.25) is 0 Å². The van der Waals surface area contributed by atoms with Crippen molar-refractivity contribution in [1.82, 2.24) is 0 Å². The van der Waals surface area contributed by atoms with Crippen molar-refractivity contribution in [3.8, 4) is 5.75 Å². The Bertz CT molecular complexity index is 974. The standard InChI is InChI=1S/C30H42O7/c1-20(2)7-13-25-29(5,37-25)28-27(32-6)24(15-16-30(28)19-35-30)36-26(31)14-10-22-8-11-23(12-9-22)34-18-17-33-21(3)4/h7-12,14,21,24-25,27-28H,13,15-19H2,1-6H3/b14-10+/t24-,25?,27-,28?,29?,30?/m1/s1. The van der Waals surface area contributed by atoms with Gasteiger partial charge in [0.2, 0.25) is 0 Å². The molecule has 2 heterocycles. The first-order valence-corrected chi connectivity index (χ1v) is 13.4. The third kappa shape index (κ3) is 6.82. The van der Waals surface area contributed by atoms with E-state index in [0.29, 0.717) is 26.2 Å². The first-order valence-electron chi connectivity index (χ1n) is 13.4. The molecule has 7 heteroatoms. The molecule has 0 aromatic heterocycles. The van der Waals surface area contributed by atoms with Crippen LogP contribution in [0.1, 0.15) is 59.4 Å². The highest BCUT2D eigenvalue weighted by molar-refractivity contribution is 5.87. The van der Waals surface area contributed by atoms with Gasteiger partial charge in [0.05, 0.1) is 31.3 Å². The molecule has 37 heavy (non-hydrogen) atoms. The highest BCUT2D eigenvalue weighted by atomic mass is 16.6.